The fourth-order valence-electron chi connectivity index (χ4n) is 6.84. The number of likely N-dealkylation sites (tertiary alicyclic amines) is 1. The second kappa shape index (κ2) is 11.5. The lowest BCUT2D eigenvalue weighted by Crippen LogP contribution is -2.53. The third-order valence-corrected chi connectivity index (χ3v) is 8.73. The van der Waals surface area contributed by atoms with Gasteiger partial charge in [-0.2, -0.15) is 0 Å². The molecular weight excluding hydrogens is 464 g/mol. The Bertz CT molecular complexity index is 1040. The van der Waals surface area contributed by atoms with Gasteiger partial charge in [-0.25, -0.2) is 5.43 Å². The van der Waals surface area contributed by atoms with Crippen molar-refractivity contribution in [1.29, 1.82) is 0 Å². The highest BCUT2D eigenvalue weighted by atomic mass is 16.1. The Balaban J connectivity index is 1.05. The van der Waals surface area contributed by atoms with Gasteiger partial charge in [-0.1, -0.05) is 49.6 Å². The number of aryl methyl sites for hydroxylation is 1. The van der Waals surface area contributed by atoms with Gasteiger partial charge in [-0.15, -0.1) is 10.2 Å². The molecule has 4 unspecified atom stereocenters. The van der Waals surface area contributed by atoms with E-state index < -0.39 is 0 Å². The van der Waals surface area contributed by atoms with Crippen LogP contribution in [0.1, 0.15) is 87.8 Å². The van der Waals surface area contributed by atoms with Gasteiger partial charge in [0.15, 0.2) is 0 Å². The topological polar surface area (TPSA) is 90.3 Å². The Morgan fingerprint density at radius 1 is 1.00 bits per heavy atom. The highest BCUT2D eigenvalue weighted by molar-refractivity contribution is 5.75. The molecule has 9 nitrogen and oxygen atoms in total. The predicted octanol–water partition coefficient (Wildman–Crippen LogP) is 3.28. The van der Waals surface area contributed by atoms with Crippen LogP contribution < -0.4 is 21.1 Å². The fourth-order valence-corrected chi connectivity index (χ4v) is 6.84. The van der Waals surface area contributed by atoms with Gasteiger partial charge >= 0.3 is 0 Å². The molecule has 0 radical (unpaired) electrons. The van der Waals surface area contributed by atoms with Crippen molar-refractivity contribution in [2.24, 2.45) is 5.92 Å². The summed E-state index contributed by atoms with van der Waals surface area (Å²) in [6, 6.07) is 11.0. The lowest BCUT2D eigenvalue weighted by Gasteiger charge is -2.44. The molecule has 1 aromatic heterocycles. The maximum atomic E-state index is 12.5. The SMILES string of the molecule is O=C(CCCc1nnc2n1C1CCCCC1C1NC(c3ccccc3)NN21)NCCCN1CCCCC1. The van der Waals surface area contributed by atoms with Gasteiger partial charge in [0.25, 0.3) is 0 Å². The number of anilines is 1. The number of hydrogen-bond acceptors (Lipinski definition) is 7. The number of carbonyl (C=O) groups excluding carboxylic acids is 1. The summed E-state index contributed by atoms with van der Waals surface area (Å²) in [5, 5.41) is 18.5. The lowest BCUT2D eigenvalue weighted by atomic mass is 9.81. The third kappa shape index (κ3) is 5.40. The van der Waals surface area contributed by atoms with Crippen molar-refractivity contribution in [1.82, 2.24) is 35.7 Å². The highest BCUT2D eigenvalue weighted by Gasteiger charge is 2.48. The van der Waals surface area contributed by atoms with Crippen LogP contribution in [0.3, 0.4) is 0 Å². The Kier molecular flexibility index (Phi) is 7.71. The van der Waals surface area contributed by atoms with Gasteiger partial charge in [0, 0.05) is 31.3 Å². The molecule has 1 saturated carbocycles. The summed E-state index contributed by atoms with van der Waals surface area (Å²) in [5.74, 6) is 2.61. The molecule has 3 N–H and O–H groups in total. The molecular formula is C28H42N8O. The van der Waals surface area contributed by atoms with Crippen molar-refractivity contribution in [2.75, 3.05) is 31.2 Å². The molecule has 3 aliphatic heterocycles. The fraction of sp³-hybridized carbons (Fsp3) is 0.679. The molecule has 1 aliphatic carbocycles. The zero-order valence-electron chi connectivity index (χ0n) is 21.9. The molecule has 4 heterocycles. The van der Waals surface area contributed by atoms with E-state index in [4.69, 9.17) is 0 Å². The van der Waals surface area contributed by atoms with Crippen molar-refractivity contribution < 1.29 is 4.79 Å². The minimum atomic E-state index is 0.0686. The van der Waals surface area contributed by atoms with E-state index in [1.165, 1.54) is 63.6 Å². The van der Waals surface area contributed by atoms with Gasteiger partial charge in [0.05, 0.1) is 0 Å². The highest BCUT2D eigenvalue weighted by Crippen LogP contribution is 2.45. The van der Waals surface area contributed by atoms with Crippen LogP contribution in [0, 0.1) is 5.92 Å². The van der Waals surface area contributed by atoms with Crippen LogP contribution in [0.15, 0.2) is 30.3 Å². The number of aromatic nitrogens is 3. The molecule has 9 heteroatoms. The van der Waals surface area contributed by atoms with E-state index in [1.54, 1.807) is 0 Å². The van der Waals surface area contributed by atoms with E-state index in [9.17, 15) is 4.79 Å². The number of rotatable bonds is 9. The monoisotopic (exact) mass is 506 g/mol. The van der Waals surface area contributed by atoms with Crippen LogP contribution in [0.5, 0.6) is 0 Å². The van der Waals surface area contributed by atoms with E-state index in [1.807, 2.05) is 0 Å². The minimum Gasteiger partial charge on any atom is -0.356 e. The maximum Gasteiger partial charge on any atom is 0.243 e. The summed E-state index contributed by atoms with van der Waals surface area (Å²) in [5.41, 5.74) is 4.90. The summed E-state index contributed by atoms with van der Waals surface area (Å²) >= 11 is 0. The van der Waals surface area contributed by atoms with Gasteiger partial charge in [0.1, 0.15) is 18.2 Å². The normalized spacial score (nSPS) is 27.4. The molecule has 6 rings (SSSR count). The zero-order valence-corrected chi connectivity index (χ0v) is 21.9. The molecule has 4 atom stereocenters. The second-order valence-electron chi connectivity index (χ2n) is 11.2. The average molecular weight is 507 g/mol. The molecule has 2 saturated heterocycles. The first-order chi connectivity index (χ1) is 18.3. The van der Waals surface area contributed by atoms with Gasteiger partial charge < -0.3 is 10.2 Å². The lowest BCUT2D eigenvalue weighted by molar-refractivity contribution is -0.121. The third-order valence-electron chi connectivity index (χ3n) is 8.73. The van der Waals surface area contributed by atoms with Gasteiger partial charge in [0.2, 0.25) is 11.9 Å². The number of carbonyl (C=O) groups is 1. The van der Waals surface area contributed by atoms with Crippen molar-refractivity contribution in [3.63, 3.8) is 0 Å². The standard InChI is InChI=1S/C28H42N8O/c37-25(29-17-10-20-34-18-7-2-8-19-34)16-9-15-24-31-32-28-35(24)23-14-6-5-13-22(23)27-30-26(33-36(27)28)21-11-3-1-4-12-21/h1,3-4,11-12,22-23,26-27,30,33H,2,5-10,13-20H2,(H,29,37). The zero-order chi connectivity index (χ0) is 25.0. The van der Waals surface area contributed by atoms with Crippen molar-refractivity contribution in [2.45, 2.75) is 89.0 Å². The second-order valence-corrected chi connectivity index (χ2v) is 11.2. The van der Waals surface area contributed by atoms with Gasteiger partial charge in [-0.05, 0) is 63.7 Å². The first-order valence-corrected chi connectivity index (χ1v) is 14.6. The molecule has 0 spiro atoms. The summed E-state index contributed by atoms with van der Waals surface area (Å²) in [7, 11) is 0. The number of benzene rings is 1. The first kappa shape index (κ1) is 24.8. The van der Waals surface area contributed by atoms with E-state index in [2.05, 4.69) is 71.1 Å². The molecule has 3 fully saturated rings. The number of nitrogens with one attached hydrogen (secondary N) is 3. The Morgan fingerprint density at radius 3 is 2.70 bits per heavy atom. The number of amides is 1. The van der Waals surface area contributed by atoms with Crippen molar-refractivity contribution in [3.05, 3.63) is 41.7 Å². The maximum absolute atomic E-state index is 12.5. The van der Waals surface area contributed by atoms with Crippen LogP contribution in [0.2, 0.25) is 0 Å². The largest absolute Gasteiger partial charge is 0.356 e. The quantitative estimate of drug-likeness (QED) is 0.450. The van der Waals surface area contributed by atoms with E-state index in [0.29, 0.717) is 18.4 Å². The van der Waals surface area contributed by atoms with Crippen molar-refractivity contribution >= 4 is 11.9 Å². The predicted molar refractivity (Wildman–Crippen MR) is 144 cm³/mol. The summed E-state index contributed by atoms with van der Waals surface area (Å²) in [6.07, 6.45) is 12.4. The number of hydrazine groups is 1. The molecule has 1 aromatic carbocycles. The molecule has 0 bridgehead atoms. The van der Waals surface area contributed by atoms with Crippen molar-refractivity contribution in [3.8, 4) is 0 Å². The molecule has 4 aliphatic rings. The molecule has 37 heavy (non-hydrogen) atoms. The molecule has 1 amide bonds. The van der Waals surface area contributed by atoms with Gasteiger partial charge in [-0.3, -0.25) is 19.7 Å². The van der Waals surface area contributed by atoms with Crippen LogP contribution >= 0.6 is 0 Å². The minimum absolute atomic E-state index is 0.0686. The number of fused-ring (bicyclic) bond motifs is 6. The average Bonchev–Trinajstić information content (AvgIpc) is 3.58. The molecule has 200 valence electrons. The summed E-state index contributed by atoms with van der Waals surface area (Å²) in [6.45, 7) is 4.31. The Labute approximate surface area is 220 Å². The summed E-state index contributed by atoms with van der Waals surface area (Å²) < 4.78 is 2.39. The number of hydrogen-bond donors (Lipinski definition) is 3. The van der Waals surface area contributed by atoms with Crippen LogP contribution in [0.4, 0.5) is 5.95 Å². The van der Waals surface area contributed by atoms with Crippen LogP contribution in [-0.2, 0) is 11.2 Å². The smallest absolute Gasteiger partial charge is 0.243 e. The van der Waals surface area contributed by atoms with E-state index in [0.717, 1.165) is 44.1 Å². The van der Waals surface area contributed by atoms with E-state index >= 15 is 0 Å². The summed E-state index contributed by atoms with van der Waals surface area (Å²) in [4.78, 5) is 15.0. The first-order valence-electron chi connectivity index (χ1n) is 14.6. The van der Waals surface area contributed by atoms with Crippen LogP contribution in [0.25, 0.3) is 0 Å². The van der Waals surface area contributed by atoms with Crippen LogP contribution in [-0.4, -0.2) is 57.9 Å². The Morgan fingerprint density at radius 2 is 1.84 bits per heavy atom. The Hall–Kier alpha value is -2.49. The molecule has 2 aromatic rings. The van der Waals surface area contributed by atoms with E-state index in [-0.39, 0.29) is 18.2 Å². The number of piperidine rings is 1. The number of nitrogens with zero attached hydrogens (tertiary/aromatic N) is 5.